The average Bonchev–Trinajstić information content (AvgIpc) is 3.28. The molecule has 1 saturated heterocycles. The molecular weight excluding hydrogens is 473 g/mol. The minimum atomic E-state index is -0.325. The van der Waals surface area contributed by atoms with Crippen molar-refractivity contribution in [3.05, 3.63) is 69.3 Å². The predicted octanol–water partition coefficient (Wildman–Crippen LogP) is 5.86. The normalized spacial score (nSPS) is 14.9. The van der Waals surface area contributed by atoms with Crippen molar-refractivity contribution in [2.24, 2.45) is 0 Å². The number of nitrogens with zero attached hydrogens (tertiary/aromatic N) is 2. The Morgan fingerprint density at radius 2 is 1.76 bits per heavy atom. The molecule has 1 fully saturated rings. The Morgan fingerprint density at radius 3 is 2.44 bits per heavy atom. The third kappa shape index (κ3) is 5.03. The van der Waals surface area contributed by atoms with Gasteiger partial charge >= 0.3 is 6.09 Å². The topological polar surface area (TPSA) is 65.6 Å². The van der Waals surface area contributed by atoms with Crippen molar-refractivity contribution in [2.75, 3.05) is 32.8 Å². The molecule has 0 aliphatic carbocycles. The average molecular weight is 502 g/mol. The van der Waals surface area contributed by atoms with Crippen LogP contribution in [0, 0.1) is 0 Å². The molecule has 1 N–H and O–H groups in total. The van der Waals surface area contributed by atoms with Crippen LogP contribution in [0.2, 0.25) is 10.0 Å². The lowest BCUT2D eigenvalue weighted by molar-refractivity contribution is -0.133. The monoisotopic (exact) mass is 501 g/mol. The summed E-state index contributed by atoms with van der Waals surface area (Å²) in [4.78, 5) is 32.3. The summed E-state index contributed by atoms with van der Waals surface area (Å²) in [5.74, 6) is -0.146. The Balaban J connectivity index is 1.61. The van der Waals surface area contributed by atoms with Gasteiger partial charge in [-0.05, 0) is 42.2 Å². The van der Waals surface area contributed by atoms with E-state index in [9.17, 15) is 9.59 Å². The number of aromatic nitrogens is 1. The second-order valence-electron chi connectivity index (χ2n) is 8.43. The van der Waals surface area contributed by atoms with Crippen molar-refractivity contribution < 1.29 is 14.3 Å². The molecule has 2 amide bonds. The van der Waals surface area contributed by atoms with Gasteiger partial charge in [0.2, 0.25) is 5.91 Å². The van der Waals surface area contributed by atoms with Gasteiger partial charge in [0.05, 0.1) is 16.7 Å². The molecule has 2 heterocycles. The van der Waals surface area contributed by atoms with Crippen LogP contribution in [0.4, 0.5) is 4.79 Å². The fraction of sp³-hybridized carbons (Fsp3) is 0.385. The third-order valence-corrected chi connectivity index (χ3v) is 7.21. The first-order valence-corrected chi connectivity index (χ1v) is 12.4. The van der Waals surface area contributed by atoms with Crippen molar-refractivity contribution in [3.63, 3.8) is 0 Å². The summed E-state index contributed by atoms with van der Waals surface area (Å²) in [6, 6.07) is 11.8. The number of rotatable bonds is 6. The maximum atomic E-state index is 13.4. The number of hydrogen-bond acceptors (Lipinski definition) is 3. The van der Waals surface area contributed by atoms with Crippen LogP contribution in [0.15, 0.2) is 42.6 Å². The molecule has 1 atom stereocenters. The number of benzene rings is 2. The van der Waals surface area contributed by atoms with E-state index in [4.69, 9.17) is 27.9 Å². The van der Waals surface area contributed by atoms with Gasteiger partial charge < -0.3 is 19.5 Å². The first-order valence-electron chi connectivity index (χ1n) is 11.7. The maximum Gasteiger partial charge on any atom is 0.409 e. The van der Waals surface area contributed by atoms with Gasteiger partial charge in [0.25, 0.3) is 0 Å². The molecule has 1 aliphatic rings. The molecule has 1 aliphatic heterocycles. The fourth-order valence-corrected chi connectivity index (χ4v) is 4.92. The van der Waals surface area contributed by atoms with Crippen molar-refractivity contribution >= 4 is 46.1 Å². The Hall–Kier alpha value is -2.70. The van der Waals surface area contributed by atoms with E-state index in [0.29, 0.717) is 49.3 Å². The summed E-state index contributed by atoms with van der Waals surface area (Å²) >= 11 is 12.5. The quantitative estimate of drug-likeness (QED) is 0.459. The van der Waals surface area contributed by atoms with Crippen LogP contribution in [-0.2, 0) is 16.0 Å². The van der Waals surface area contributed by atoms with Crippen LogP contribution in [0.1, 0.15) is 42.9 Å². The molecule has 34 heavy (non-hydrogen) atoms. The molecule has 0 saturated carbocycles. The molecule has 180 valence electrons. The number of halogens is 2. The lowest BCUT2D eigenvalue weighted by Gasteiger charge is -2.34. The van der Waals surface area contributed by atoms with E-state index in [1.54, 1.807) is 17.9 Å². The zero-order valence-electron chi connectivity index (χ0n) is 19.4. The van der Waals surface area contributed by atoms with Crippen molar-refractivity contribution in [1.29, 1.82) is 0 Å². The number of nitrogens with one attached hydrogen (secondary N) is 1. The van der Waals surface area contributed by atoms with Crippen LogP contribution in [-0.4, -0.2) is 59.6 Å². The predicted molar refractivity (Wildman–Crippen MR) is 136 cm³/mol. The van der Waals surface area contributed by atoms with Crippen LogP contribution in [0.5, 0.6) is 0 Å². The molecule has 3 aromatic rings. The van der Waals surface area contributed by atoms with E-state index < -0.39 is 0 Å². The minimum Gasteiger partial charge on any atom is -0.450 e. The molecule has 8 heteroatoms. The number of para-hydroxylation sites is 1. The zero-order chi connectivity index (χ0) is 24.2. The van der Waals surface area contributed by atoms with Crippen molar-refractivity contribution in [1.82, 2.24) is 14.8 Å². The molecule has 0 bridgehead atoms. The minimum absolute atomic E-state index is 0.0422. The third-order valence-electron chi connectivity index (χ3n) is 6.47. The molecular formula is C26H29Cl2N3O3. The summed E-state index contributed by atoms with van der Waals surface area (Å²) in [5.41, 5.74) is 4.33. The SMILES string of the molecule is CCOC(=O)N1CCN(C(=O)CC(c2ccc(Cl)c(Cl)c2)c2c[nH]c3c(CC)cccc23)CC1. The zero-order valence-corrected chi connectivity index (χ0v) is 21.0. The van der Waals surface area contributed by atoms with E-state index in [0.717, 1.165) is 28.5 Å². The van der Waals surface area contributed by atoms with E-state index in [1.165, 1.54) is 5.56 Å². The molecule has 0 radical (unpaired) electrons. The van der Waals surface area contributed by atoms with Crippen LogP contribution in [0.25, 0.3) is 10.9 Å². The first-order chi connectivity index (χ1) is 16.4. The number of amides is 2. The number of hydrogen-bond donors (Lipinski definition) is 1. The standard InChI is InChI=1S/C26H29Cl2N3O3/c1-3-17-6-5-7-19-21(16-29-25(17)19)20(18-8-9-22(27)23(28)14-18)15-24(32)30-10-12-31(13-11-30)26(33)34-4-2/h5-9,14,16,20,29H,3-4,10-13,15H2,1-2H3. The Kier molecular flexibility index (Phi) is 7.69. The second-order valence-corrected chi connectivity index (χ2v) is 9.25. The second kappa shape index (κ2) is 10.7. The number of ether oxygens (including phenoxy) is 1. The summed E-state index contributed by atoms with van der Waals surface area (Å²) in [5, 5.41) is 2.06. The Bertz CT molecular complexity index is 1190. The molecule has 1 unspecified atom stereocenters. The number of aromatic amines is 1. The van der Waals surface area contributed by atoms with E-state index >= 15 is 0 Å². The van der Waals surface area contributed by atoms with Crippen molar-refractivity contribution in [2.45, 2.75) is 32.6 Å². The van der Waals surface area contributed by atoms with Crippen LogP contribution < -0.4 is 0 Å². The number of H-pyrrole nitrogens is 1. The molecule has 4 rings (SSSR count). The summed E-state index contributed by atoms with van der Waals surface area (Å²) < 4.78 is 5.09. The highest BCUT2D eigenvalue weighted by Gasteiger charge is 2.29. The van der Waals surface area contributed by atoms with Crippen LogP contribution in [0.3, 0.4) is 0 Å². The van der Waals surface area contributed by atoms with Gasteiger partial charge in [-0.3, -0.25) is 4.79 Å². The number of piperazine rings is 1. The van der Waals surface area contributed by atoms with E-state index in [2.05, 4.69) is 30.1 Å². The number of carbonyl (C=O) groups is 2. The Morgan fingerprint density at radius 1 is 1.03 bits per heavy atom. The maximum absolute atomic E-state index is 13.4. The highest BCUT2D eigenvalue weighted by atomic mass is 35.5. The van der Waals surface area contributed by atoms with Crippen molar-refractivity contribution in [3.8, 4) is 0 Å². The summed E-state index contributed by atoms with van der Waals surface area (Å²) in [7, 11) is 0. The number of carbonyl (C=O) groups excluding carboxylic acids is 2. The van der Waals surface area contributed by atoms with Gasteiger partial charge in [-0.15, -0.1) is 0 Å². The van der Waals surface area contributed by atoms with Gasteiger partial charge in [-0.2, -0.15) is 0 Å². The van der Waals surface area contributed by atoms with E-state index in [-0.39, 0.29) is 17.9 Å². The fourth-order valence-electron chi connectivity index (χ4n) is 4.62. The highest BCUT2D eigenvalue weighted by molar-refractivity contribution is 6.42. The smallest absolute Gasteiger partial charge is 0.409 e. The molecule has 6 nitrogen and oxygen atoms in total. The van der Waals surface area contributed by atoms with E-state index in [1.807, 2.05) is 23.2 Å². The van der Waals surface area contributed by atoms with Gasteiger partial charge in [0.1, 0.15) is 0 Å². The summed E-state index contributed by atoms with van der Waals surface area (Å²) in [6.45, 7) is 6.16. The van der Waals surface area contributed by atoms with Gasteiger partial charge in [-0.25, -0.2) is 4.79 Å². The summed E-state index contributed by atoms with van der Waals surface area (Å²) in [6.07, 6.45) is 2.89. The largest absolute Gasteiger partial charge is 0.450 e. The van der Waals surface area contributed by atoms with Gasteiger partial charge in [0.15, 0.2) is 0 Å². The first kappa shape index (κ1) is 24.4. The van der Waals surface area contributed by atoms with Crippen LogP contribution >= 0.6 is 23.2 Å². The molecule has 1 aromatic heterocycles. The number of aryl methyl sites for hydroxylation is 1. The molecule has 2 aromatic carbocycles. The van der Waals surface area contributed by atoms with Gasteiger partial charge in [0, 0.05) is 55.6 Å². The lowest BCUT2D eigenvalue weighted by atomic mass is 9.87. The Labute approximate surface area is 209 Å². The molecule has 0 spiro atoms. The van der Waals surface area contributed by atoms with Gasteiger partial charge in [-0.1, -0.05) is 54.4 Å². The number of fused-ring (bicyclic) bond motifs is 1. The lowest BCUT2D eigenvalue weighted by Crippen LogP contribution is -2.50. The highest BCUT2D eigenvalue weighted by Crippen LogP contribution is 2.37.